The van der Waals surface area contributed by atoms with Crippen LogP contribution in [0.3, 0.4) is 0 Å². The molecular formula is C16H20N2O5. The second-order valence-electron chi connectivity index (χ2n) is 6.08. The Kier molecular flexibility index (Phi) is 4.98. The lowest BCUT2D eigenvalue weighted by Crippen LogP contribution is -2.43. The molecule has 1 amide bonds. The van der Waals surface area contributed by atoms with Gasteiger partial charge in [-0.3, -0.25) is 14.9 Å². The Labute approximate surface area is 134 Å². The number of hydrogen-bond donors (Lipinski definition) is 1. The van der Waals surface area contributed by atoms with Crippen LogP contribution in [-0.4, -0.2) is 38.9 Å². The van der Waals surface area contributed by atoms with Crippen molar-refractivity contribution in [3.63, 3.8) is 0 Å². The third-order valence-electron chi connectivity index (χ3n) is 4.13. The topological polar surface area (TPSA) is 101 Å². The number of hydrogen-bond acceptors (Lipinski definition) is 4. The van der Waals surface area contributed by atoms with Gasteiger partial charge in [0.25, 0.3) is 11.6 Å². The third kappa shape index (κ3) is 3.67. The van der Waals surface area contributed by atoms with Gasteiger partial charge in [0.15, 0.2) is 0 Å². The molecule has 0 atom stereocenters. The van der Waals surface area contributed by atoms with Crippen molar-refractivity contribution in [3.8, 4) is 0 Å². The van der Waals surface area contributed by atoms with E-state index in [-0.39, 0.29) is 34.8 Å². The highest BCUT2D eigenvalue weighted by atomic mass is 16.6. The van der Waals surface area contributed by atoms with Gasteiger partial charge < -0.3 is 10.0 Å². The minimum absolute atomic E-state index is 0.0530. The fourth-order valence-electron chi connectivity index (χ4n) is 3.12. The number of non-ortho nitro benzene ring substituents is 1. The predicted molar refractivity (Wildman–Crippen MR) is 83.6 cm³/mol. The molecule has 0 radical (unpaired) electrons. The Morgan fingerprint density at radius 2 is 1.78 bits per heavy atom. The average molecular weight is 320 g/mol. The van der Waals surface area contributed by atoms with Crippen molar-refractivity contribution < 1.29 is 19.6 Å². The average Bonchev–Trinajstić information content (AvgIpc) is 3.00. The van der Waals surface area contributed by atoms with E-state index in [1.807, 2.05) is 13.8 Å². The van der Waals surface area contributed by atoms with E-state index in [0.29, 0.717) is 0 Å². The lowest BCUT2D eigenvalue weighted by atomic mass is 10.1. The fraction of sp³-hybridized carbons (Fsp3) is 0.500. The van der Waals surface area contributed by atoms with Crippen LogP contribution < -0.4 is 0 Å². The first-order valence-electron chi connectivity index (χ1n) is 7.66. The van der Waals surface area contributed by atoms with Gasteiger partial charge >= 0.3 is 5.97 Å². The molecule has 1 N–H and O–H groups in total. The predicted octanol–water partition coefficient (Wildman–Crippen LogP) is 3.09. The van der Waals surface area contributed by atoms with Crippen molar-refractivity contribution in [2.75, 3.05) is 0 Å². The van der Waals surface area contributed by atoms with Gasteiger partial charge in [-0.25, -0.2) is 4.79 Å². The number of aromatic carboxylic acids is 1. The first kappa shape index (κ1) is 16.9. The highest BCUT2D eigenvalue weighted by Crippen LogP contribution is 2.28. The van der Waals surface area contributed by atoms with E-state index < -0.39 is 10.9 Å². The van der Waals surface area contributed by atoms with Crippen molar-refractivity contribution in [3.05, 3.63) is 39.4 Å². The normalized spacial score (nSPS) is 14.9. The number of nitro benzene ring substituents is 1. The monoisotopic (exact) mass is 320 g/mol. The molecule has 1 fully saturated rings. The Balaban J connectivity index is 2.43. The van der Waals surface area contributed by atoms with Crippen LogP contribution in [0.1, 0.15) is 60.2 Å². The van der Waals surface area contributed by atoms with E-state index in [1.54, 1.807) is 4.90 Å². The van der Waals surface area contributed by atoms with Gasteiger partial charge in [-0.05, 0) is 32.8 Å². The van der Waals surface area contributed by atoms with Crippen LogP contribution in [0.15, 0.2) is 18.2 Å². The summed E-state index contributed by atoms with van der Waals surface area (Å²) in [5.74, 6) is -1.64. The molecule has 0 unspecified atom stereocenters. The lowest BCUT2D eigenvalue weighted by Gasteiger charge is -2.33. The zero-order chi connectivity index (χ0) is 17.1. The number of carboxylic acids is 1. The minimum Gasteiger partial charge on any atom is -0.478 e. The first-order chi connectivity index (χ1) is 10.8. The molecule has 1 saturated carbocycles. The number of nitrogens with zero attached hydrogens (tertiary/aromatic N) is 2. The van der Waals surface area contributed by atoms with Crippen LogP contribution in [0.4, 0.5) is 5.69 Å². The van der Waals surface area contributed by atoms with E-state index in [2.05, 4.69) is 0 Å². The summed E-state index contributed by atoms with van der Waals surface area (Å²) in [6.45, 7) is 3.79. The van der Waals surface area contributed by atoms with Crippen molar-refractivity contribution >= 4 is 17.6 Å². The Hall–Kier alpha value is -2.44. The Morgan fingerprint density at radius 3 is 2.26 bits per heavy atom. The van der Waals surface area contributed by atoms with E-state index in [4.69, 9.17) is 5.11 Å². The molecule has 1 aromatic carbocycles. The maximum Gasteiger partial charge on any atom is 0.335 e. The molecule has 0 heterocycles. The zero-order valence-electron chi connectivity index (χ0n) is 13.2. The minimum atomic E-state index is -1.29. The number of nitro groups is 1. The van der Waals surface area contributed by atoms with E-state index in [1.165, 1.54) is 6.07 Å². The lowest BCUT2D eigenvalue weighted by molar-refractivity contribution is -0.384. The van der Waals surface area contributed by atoms with Crippen molar-refractivity contribution in [1.82, 2.24) is 4.90 Å². The molecule has 0 aliphatic heterocycles. The summed E-state index contributed by atoms with van der Waals surface area (Å²) < 4.78 is 0. The van der Waals surface area contributed by atoms with Gasteiger partial charge in [-0.2, -0.15) is 0 Å². The second kappa shape index (κ2) is 6.76. The number of carboxylic acid groups (broad SMARTS) is 1. The van der Waals surface area contributed by atoms with Crippen molar-refractivity contribution in [1.29, 1.82) is 0 Å². The van der Waals surface area contributed by atoms with Crippen molar-refractivity contribution in [2.45, 2.75) is 51.6 Å². The largest absolute Gasteiger partial charge is 0.478 e. The van der Waals surface area contributed by atoms with E-state index >= 15 is 0 Å². The molecule has 0 aromatic heterocycles. The van der Waals surface area contributed by atoms with Crippen LogP contribution >= 0.6 is 0 Å². The number of carbonyl (C=O) groups is 2. The van der Waals surface area contributed by atoms with Gasteiger partial charge in [0, 0.05) is 29.8 Å². The summed E-state index contributed by atoms with van der Waals surface area (Å²) >= 11 is 0. The highest BCUT2D eigenvalue weighted by molar-refractivity contribution is 5.98. The molecule has 23 heavy (non-hydrogen) atoms. The number of rotatable bonds is 5. The number of carbonyl (C=O) groups excluding carboxylic acids is 1. The van der Waals surface area contributed by atoms with Crippen LogP contribution in [0.2, 0.25) is 0 Å². The van der Waals surface area contributed by atoms with Gasteiger partial charge in [-0.1, -0.05) is 12.8 Å². The molecule has 0 saturated heterocycles. The maximum atomic E-state index is 12.8. The summed E-state index contributed by atoms with van der Waals surface area (Å²) in [6, 6.07) is 3.38. The van der Waals surface area contributed by atoms with E-state index in [0.717, 1.165) is 37.8 Å². The maximum absolute atomic E-state index is 12.8. The summed E-state index contributed by atoms with van der Waals surface area (Å²) in [5.41, 5.74) is -0.585. The number of amides is 1. The molecule has 124 valence electrons. The summed E-state index contributed by atoms with van der Waals surface area (Å²) in [5, 5.41) is 20.1. The van der Waals surface area contributed by atoms with Crippen LogP contribution in [0.25, 0.3) is 0 Å². The molecule has 0 spiro atoms. The highest BCUT2D eigenvalue weighted by Gasteiger charge is 2.30. The molecule has 1 aliphatic rings. The molecule has 2 rings (SSSR count). The van der Waals surface area contributed by atoms with Crippen LogP contribution in [0, 0.1) is 10.1 Å². The molecule has 1 aromatic rings. The first-order valence-corrected chi connectivity index (χ1v) is 7.66. The molecular weight excluding hydrogens is 300 g/mol. The molecule has 7 nitrogen and oxygen atoms in total. The second-order valence-corrected chi connectivity index (χ2v) is 6.08. The SMILES string of the molecule is CC(C)N(C(=O)c1cc(C(=O)O)cc([N+](=O)[O-])c1)C1CCCC1. The molecule has 1 aliphatic carbocycles. The van der Waals surface area contributed by atoms with Gasteiger partial charge in [0.1, 0.15) is 0 Å². The summed E-state index contributed by atoms with van der Waals surface area (Å²) in [6.07, 6.45) is 3.92. The standard InChI is InChI=1S/C16H20N2O5/c1-10(2)17(13-5-3-4-6-13)15(19)11-7-12(16(20)21)9-14(8-11)18(22)23/h7-10,13H,3-6H2,1-2H3,(H,20,21). The van der Waals surface area contributed by atoms with Crippen molar-refractivity contribution in [2.24, 2.45) is 0 Å². The van der Waals surface area contributed by atoms with E-state index in [9.17, 15) is 19.7 Å². The van der Waals surface area contributed by atoms with Crippen LogP contribution in [0.5, 0.6) is 0 Å². The van der Waals surface area contributed by atoms with Gasteiger partial charge in [0.2, 0.25) is 0 Å². The summed E-state index contributed by atoms with van der Waals surface area (Å²) in [7, 11) is 0. The van der Waals surface area contributed by atoms with Gasteiger partial charge in [-0.15, -0.1) is 0 Å². The number of benzene rings is 1. The quantitative estimate of drug-likeness (QED) is 0.663. The Bertz CT molecular complexity index is 603. The molecule has 0 bridgehead atoms. The summed E-state index contributed by atoms with van der Waals surface area (Å²) in [4.78, 5) is 36.0. The van der Waals surface area contributed by atoms with Gasteiger partial charge in [0.05, 0.1) is 10.5 Å². The third-order valence-corrected chi connectivity index (χ3v) is 4.13. The zero-order valence-corrected chi connectivity index (χ0v) is 13.2. The smallest absolute Gasteiger partial charge is 0.335 e. The van der Waals surface area contributed by atoms with Crippen LogP contribution in [-0.2, 0) is 0 Å². The molecule has 7 heteroatoms. The Morgan fingerprint density at radius 1 is 1.22 bits per heavy atom. The fourth-order valence-corrected chi connectivity index (χ4v) is 3.12.